The van der Waals surface area contributed by atoms with Crippen molar-refractivity contribution in [1.82, 2.24) is 19.8 Å². The van der Waals surface area contributed by atoms with Crippen molar-refractivity contribution < 1.29 is 8.42 Å². The van der Waals surface area contributed by atoms with Gasteiger partial charge in [0.15, 0.2) is 0 Å². The maximum Gasteiger partial charge on any atom is 0.241 e. The molecule has 2 rings (SSSR count). The van der Waals surface area contributed by atoms with E-state index in [0.717, 1.165) is 11.4 Å². The average molecular weight is 328 g/mol. The van der Waals surface area contributed by atoms with Crippen molar-refractivity contribution in [2.45, 2.75) is 37.9 Å². The molecule has 21 heavy (non-hydrogen) atoms. The van der Waals surface area contributed by atoms with Gasteiger partial charge in [0.2, 0.25) is 10.0 Å². The van der Waals surface area contributed by atoms with Gasteiger partial charge in [0, 0.05) is 35.2 Å². The summed E-state index contributed by atoms with van der Waals surface area (Å²) in [6, 6.07) is 3.30. The van der Waals surface area contributed by atoms with E-state index in [-0.39, 0.29) is 6.04 Å². The molecule has 0 spiro atoms. The Kier molecular flexibility index (Phi) is 5.51. The van der Waals surface area contributed by atoms with Gasteiger partial charge in [0.1, 0.15) is 0 Å². The van der Waals surface area contributed by atoms with Gasteiger partial charge < -0.3 is 5.32 Å². The minimum Gasteiger partial charge on any atom is -0.312 e. The van der Waals surface area contributed by atoms with Gasteiger partial charge >= 0.3 is 0 Å². The summed E-state index contributed by atoms with van der Waals surface area (Å²) < 4.78 is 29.0. The topological polar surface area (TPSA) is 76.0 Å². The van der Waals surface area contributed by atoms with E-state index in [1.165, 1.54) is 11.3 Å². The number of thiophene rings is 1. The summed E-state index contributed by atoms with van der Waals surface area (Å²) in [6.45, 7) is 5.90. The number of hydrogen-bond donors (Lipinski definition) is 2. The van der Waals surface area contributed by atoms with Crippen LogP contribution in [0.15, 0.2) is 34.8 Å². The van der Waals surface area contributed by atoms with Crippen molar-refractivity contribution in [2.24, 2.45) is 0 Å². The monoisotopic (exact) mass is 328 g/mol. The predicted octanol–water partition coefficient (Wildman–Crippen LogP) is 1.42. The number of nitrogens with zero attached hydrogens (tertiary/aromatic N) is 2. The molecule has 6 nitrogen and oxygen atoms in total. The Bertz CT molecular complexity index is 650. The second-order valence-electron chi connectivity index (χ2n) is 4.78. The van der Waals surface area contributed by atoms with E-state index >= 15 is 0 Å². The number of sulfonamides is 1. The maximum absolute atomic E-state index is 12.3. The lowest BCUT2D eigenvalue weighted by molar-refractivity contribution is 0.494. The molecule has 116 valence electrons. The van der Waals surface area contributed by atoms with E-state index in [2.05, 4.69) is 15.1 Å². The Morgan fingerprint density at radius 2 is 2.29 bits per heavy atom. The van der Waals surface area contributed by atoms with Gasteiger partial charge in [-0.1, -0.05) is 6.92 Å². The van der Waals surface area contributed by atoms with Crippen molar-refractivity contribution in [3.8, 4) is 0 Å². The second kappa shape index (κ2) is 7.17. The van der Waals surface area contributed by atoms with Crippen LogP contribution < -0.4 is 10.0 Å². The smallest absolute Gasteiger partial charge is 0.241 e. The van der Waals surface area contributed by atoms with E-state index in [1.807, 2.05) is 26.1 Å². The third-order valence-corrected chi connectivity index (χ3v) is 5.52. The fourth-order valence-corrected chi connectivity index (χ4v) is 4.38. The first-order valence-corrected chi connectivity index (χ1v) is 9.15. The molecule has 0 aliphatic heterocycles. The zero-order valence-electron chi connectivity index (χ0n) is 12.1. The summed E-state index contributed by atoms with van der Waals surface area (Å²) in [5, 5.41) is 8.93. The van der Waals surface area contributed by atoms with E-state index in [4.69, 9.17) is 0 Å². The molecule has 2 aromatic heterocycles. The molecule has 2 aromatic rings. The first-order chi connectivity index (χ1) is 10.0. The Balaban J connectivity index is 1.98. The Hall–Kier alpha value is -1.22. The minimum absolute atomic E-state index is 0.230. The van der Waals surface area contributed by atoms with Crippen molar-refractivity contribution in [2.75, 3.05) is 6.54 Å². The Morgan fingerprint density at radius 3 is 2.95 bits per heavy atom. The lowest BCUT2D eigenvalue weighted by Crippen LogP contribution is -2.35. The van der Waals surface area contributed by atoms with E-state index < -0.39 is 10.0 Å². The largest absolute Gasteiger partial charge is 0.312 e. The highest BCUT2D eigenvalue weighted by Crippen LogP contribution is 2.19. The number of nitrogens with one attached hydrogen (secondary N) is 2. The summed E-state index contributed by atoms with van der Waals surface area (Å²) in [5.41, 5.74) is 0. The van der Waals surface area contributed by atoms with Crippen molar-refractivity contribution in [3.05, 3.63) is 34.8 Å². The molecule has 2 heterocycles. The number of rotatable bonds is 8. The Labute approximate surface area is 129 Å². The van der Waals surface area contributed by atoms with Crippen LogP contribution in [0.25, 0.3) is 0 Å². The van der Waals surface area contributed by atoms with Crippen LogP contribution in [0.3, 0.4) is 0 Å². The third kappa shape index (κ3) is 4.63. The van der Waals surface area contributed by atoms with Crippen molar-refractivity contribution in [1.29, 1.82) is 0 Å². The average Bonchev–Trinajstić information content (AvgIpc) is 3.06. The quantitative estimate of drug-likeness (QED) is 0.768. The van der Waals surface area contributed by atoms with Gasteiger partial charge in [-0.3, -0.25) is 4.68 Å². The molecule has 1 unspecified atom stereocenters. The van der Waals surface area contributed by atoms with Crippen molar-refractivity contribution >= 4 is 21.4 Å². The first-order valence-electron chi connectivity index (χ1n) is 6.79. The van der Waals surface area contributed by atoms with E-state index in [1.54, 1.807) is 22.3 Å². The molecule has 0 radical (unpaired) electrons. The van der Waals surface area contributed by atoms with Crippen LogP contribution in [-0.4, -0.2) is 30.8 Å². The highest BCUT2D eigenvalue weighted by atomic mass is 32.2. The van der Waals surface area contributed by atoms with Gasteiger partial charge in [-0.25, -0.2) is 13.1 Å². The molecule has 2 N–H and O–H groups in total. The molecule has 0 fully saturated rings. The molecule has 8 heteroatoms. The molecule has 0 saturated carbocycles. The lowest BCUT2D eigenvalue weighted by atomic mass is 10.4. The first kappa shape index (κ1) is 16.2. The molecule has 1 atom stereocenters. The normalized spacial score (nSPS) is 13.4. The van der Waals surface area contributed by atoms with Crippen LogP contribution >= 0.6 is 11.3 Å². The van der Waals surface area contributed by atoms with Gasteiger partial charge in [-0.2, -0.15) is 5.10 Å². The predicted molar refractivity (Wildman–Crippen MR) is 83.7 cm³/mol. The fraction of sp³-hybridized carbons (Fsp3) is 0.462. The number of hydrogen-bond acceptors (Lipinski definition) is 5. The van der Waals surface area contributed by atoms with E-state index in [0.29, 0.717) is 18.0 Å². The van der Waals surface area contributed by atoms with E-state index in [9.17, 15) is 8.42 Å². The maximum atomic E-state index is 12.3. The molecule has 0 aliphatic rings. The molecular weight excluding hydrogens is 308 g/mol. The zero-order chi connectivity index (χ0) is 15.3. The van der Waals surface area contributed by atoms with Crippen LogP contribution in [0.1, 0.15) is 18.7 Å². The number of aromatic nitrogens is 2. The summed E-state index contributed by atoms with van der Waals surface area (Å²) in [6.07, 6.45) is 3.48. The summed E-state index contributed by atoms with van der Waals surface area (Å²) in [5.74, 6) is 0. The van der Waals surface area contributed by atoms with Crippen LogP contribution in [0.4, 0.5) is 0 Å². The van der Waals surface area contributed by atoms with Gasteiger partial charge in [0.25, 0.3) is 0 Å². The molecule has 0 saturated heterocycles. The van der Waals surface area contributed by atoms with Crippen molar-refractivity contribution in [3.63, 3.8) is 0 Å². The van der Waals surface area contributed by atoms with Crippen LogP contribution in [-0.2, 0) is 23.1 Å². The Morgan fingerprint density at radius 1 is 1.48 bits per heavy atom. The van der Waals surface area contributed by atoms with Crippen LogP contribution in [0, 0.1) is 0 Å². The zero-order valence-corrected chi connectivity index (χ0v) is 13.7. The molecular formula is C13H20N4O2S2. The molecule has 0 aliphatic carbocycles. The van der Waals surface area contributed by atoms with Crippen LogP contribution in [0.2, 0.25) is 0 Å². The van der Waals surface area contributed by atoms with Gasteiger partial charge in [-0.15, -0.1) is 11.3 Å². The minimum atomic E-state index is -3.48. The second-order valence-corrected chi connectivity index (χ2v) is 7.49. The third-order valence-electron chi connectivity index (χ3n) is 2.87. The summed E-state index contributed by atoms with van der Waals surface area (Å²) in [4.78, 5) is 1.34. The molecule has 0 bridgehead atoms. The summed E-state index contributed by atoms with van der Waals surface area (Å²) in [7, 11) is -3.48. The van der Waals surface area contributed by atoms with Gasteiger partial charge in [0.05, 0.1) is 11.4 Å². The standard InChI is InChI=1S/C13H20N4O2S2/c1-3-14-8-12-7-13(10-20-12)21(18,19)16-11(2)9-17-6-4-5-15-17/h4-7,10-11,14,16H,3,8-9H2,1-2H3. The highest BCUT2D eigenvalue weighted by molar-refractivity contribution is 7.89. The highest BCUT2D eigenvalue weighted by Gasteiger charge is 2.19. The fourth-order valence-electron chi connectivity index (χ4n) is 1.90. The van der Waals surface area contributed by atoms with Gasteiger partial charge in [-0.05, 0) is 25.6 Å². The van der Waals surface area contributed by atoms with Crippen LogP contribution in [0.5, 0.6) is 0 Å². The lowest BCUT2D eigenvalue weighted by Gasteiger charge is -2.13. The molecule has 0 amide bonds. The molecule has 0 aromatic carbocycles. The SMILES string of the molecule is CCNCc1cc(S(=O)(=O)NC(C)Cn2cccn2)cs1. The summed E-state index contributed by atoms with van der Waals surface area (Å²) >= 11 is 1.45.